The van der Waals surface area contributed by atoms with E-state index in [9.17, 15) is 0 Å². The molecule has 0 bridgehead atoms. The van der Waals surface area contributed by atoms with E-state index in [1.165, 1.54) is 0 Å². The van der Waals surface area contributed by atoms with Crippen LogP contribution in [-0.2, 0) is 0 Å². The number of hydrogen-bond donors (Lipinski definition) is 0. The molecule has 1 heterocycles. The highest BCUT2D eigenvalue weighted by atomic mass is 35.5. The summed E-state index contributed by atoms with van der Waals surface area (Å²) in [5.74, 6) is 1.51. The van der Waals surface area contributed by atoms with E-state index in [4.69, 9.17) is 21.3 Å². The van der Waals surface area contributed by atoms with Crippen molar-refractivity contribution in [1.82, 2.24) is 4.98 Å². The van der Waals surface area contributed by atoms with Gasteiger partial charge in [-0.15, -0.1) is 0 Å². The second-order valence-corrected chi connectivity index (χ2v) is 6.29. The average Bonchev–Trinajstić information content (AvgIpc) is 2.66. The Labute approximate surface area is 151 Å². The molecule has 4 aromatic rings. The number of nitrogens with zero attached hydrogens (tertiary/aromatic N) is 1. The molecule has 0 aliphatic rings. The van der Waals surface area contributed by atoms with Gasteiger partial charge >= 0.3 is 0 Å². The molecule has 0 unspecified atom stereocenters. The van der Waals surface area contributed by atoms with Crippen LogP contribution in [0.4, 0.5) is 0 Å². The van der Waals surface area contributed by atoms with Crippen LogP contribution in [0.25, 0.3) is 22.2 Å². The number of aromatic nitrogens is 1. The van der Waals surface area contributed by atoms with Gasteiger partial charge in [-0.2, -0.15) is 0 Å². The maximum absolute atomic E-state index is 6.24. The van der Waals surface area contributed by atoms with E-state index >= 15 is 0 Å². The zero-order chi connectivity index (χ0) is 17.2. The largest absolute Gasteiger partial charge is 0.455 e. The van der Waals surface area contributed by atoms with Crippen LogP contribution in [0.5, 0.6) is 11.5 Å². The SMILES string of the molecule is Cc1c(Oc2ccc(Cl)cc2)c(-c2ccccc2)nc2ccccc12. The lowest BCUT2D eigenvalue weighted by molar-refractivity contribution is 0.480. The number of fused-ring (bicyclic) bond motifs is 1. The summed E-state index contributed by atoms with van der Waals surface area (Å²) in [5, 5.41) is 1.77. The molecule has 0 atom stereocenters. The minimum Gasteiger partial charge on any atom is -0.455 e. The van der Waals surface area contributed by atoms with Crippen LogP contribution >= 0.6 is 11.6 Å². The molecule has 0 aliphatic carbocycles. The van der Waals surface area contributed by atoms with E-state index in [2.05, 4.69) is 13.0 Å². The number of benzene rings is 3. The molecule has 0 fully saturated rings. The number of para-hydroxylation sites is 1. The van der Waals surface area contributed by atoms with Gasteiger partial charge in [0.1, 0.15) is 11.4 Å². The Kier molecular flexibility index (Phi) is 4.12. The van der Waals surface area contributed by atoms with Crippen LogP contribution in [0.15, 0.2) is 78.9 Å². The Bertz CT molecular complexity index is 1030. The number of rotatable bonds is 3. The minimum atomic E-state index is 0.684. The fraction of sp³-hybridized carbons (Fsp3) is 0.0455. The Morgan fingerprint density at radius 3 is 2.24 bits per heavy atom. The van der Waals surface area contributed by atoms with Crippen LogP contribution < -0.4 is 4.74 Å². The summed E-state index contributed by atoms with van der Waals surface area (Å²) >= 11 is 5.98. The zero-order valence-electron chi connectivity index (χ0n) is 13.7. The monoisotopic (exact) mass is 345 g/mol. The van der Waals surface area contributed by atoms with E-state index in [1.807, 2.05) is 72.8 Å². The molecule has 2 nitrogen and oxygen atoms in total. The minimum absolute atomic E-state index is 0.684. The van der Waals surface area contributed by atoms with Crippen LogP contribution in [0.3, 0.4) is 0 Å². The highest BCUT2D eigenvalue weighted by Gasteiger charge is 2.16. The Hall–Kier alpha value is -2.84. The normalized spacial score (nSPS) is 10.8. The van der Waals surface area contributed by atoms with Gasteiger partial charge in [0, 0.05) is 21.5 Å². The molecule has 25 heavy (non-hydrogen) atoms. The predicted octanol–water partition coefficient (Wildman–Crippen LogP) is 6.66. The quantitative estimate of drug-likeness (QED) is 0.414. The molecule has 0 saturated carbocycles. The van der Waals surface area contributed by atoms with Crippen LogP contribution in [0, 0.1) is 6.92 Å². The second kappa shape index (κ2) is 6.58. The van der Waals surface area contributed by atoms with Crippen molar-refractivity contribution in [1.29, 1.82) is 0 Å². The summed E-state index contributed by atoms with van der Waals surface area (Å²) in [5.41, 5.74) is 3.90. The molecule has 0 radical (unpaired) electrons. The van der Waals surface area contributed by atoms with Gasteiger partial charge in [0.05, 0.1) is 5.52 Å². The fourth-order valence-electron chi connectivity index (χ4n) is 2.90. The first-order valence-corrected chi connectivity index (χ1v) is 8.48. The molecule has 1 aromatic heterocycles. The van der Waals surface area contributed by atoms with E-state index in [0.717, 1.165) is 39.2 Å². The molecule has 0 amide bonds. The number of aryl methyl sites for hydroxylation is 1. The molecule has 3 aromatic carbocycles. The van der Waals surface area contributed by atoms with Gasteiger partial charge in [-0.3, -0.25) is 0 Å². The molecule has 0 aliphatic heterocycles. The van der Waals surface area contributed by atoms with Crippen LogP contribution in [-0.4, -0.2) is 4.98 Å². The molecule has 4 rings (SSSR count). The maximum Gasteiger partial charge on any atom is 0.157 e. The standard InChI is InChI=1S/C22H16ClNO/c1-15-19-9-5-6-10-20(19)24-21(16-7-3-2-4-8-16)22(15)25-18-13-11-17(23)12-14-18/h2-14H,1H3. The van der Waals surface area contributed by atoms with E-state index < -0.39 is 0 Å². The van der Waals surface area contributed by atoms with Crippen molar-refractivity contribution in [3.05, 3.63) is 89.4 Å². The summed E-state index contributed by atoms with van der Waals surface area (Å²) in [6.45, 7) is 2.07. The lowest BCUT2D eigenvalue weighted by atomic mass is 10.0. The van der Waals surface area contributed by atoms with Crippen molar-refractivity contribution in [3.63, 3.8) is 0 Å². The second-order valence-electron chi connectivity index (χ2n) is 5.85. The molecule has 0 spiro atoms. The van der Waals surface area contributed by atoms with Gasteiger partial charge in [-0.1, -0.05) is 60.1 Å². The van der Waals surface area contributed by atoms with Gasteiger partial charge in [-0.25, -0.2) is 4.98 Å². The third-order valence-corrected chi connectivity index (χ3v) is 4.43. The first-order valence-electron chi connectivity index (χ1n) is 8.10. The van der Waals surface area contributed by atoms with Gasteiger partial charge in [0.25, 0.3) is 0 Å². The third kappa shape index (κ3) is 3.09. The lowest BCUT2D eigenvalue weighted by Crippen LogP contribution is -1.96. The molecule has 0 saturated heterocycles. The maximum atomic E-state index is 6.24. The highest BCUT2D eigenvalue weighted by molar-refractivity contribution is 6.30. The molecule has 122 valence electrons. The van der Waals surface area contributed by atoms with Crippen molar-refractivity contribution >= 4 is 22.5 Å². The molecular weight excluding hydrogens is 330 g/mol. The third-order valence-electron chi connectivity index (χ3n) is 4.18. The number of hydrogen-bond acceptors (Lipinski definition) is 2. The van der Waals surface area contributed by atoms with E-state index in [0.29, 0.717) is 5.02 Å². The van der Waals surface area contributed by atoms with Crippen LogP contribution in [0.1, 0.15) is 5.56 Å². The number of ether oxygens (including phenoxy) is 1. The summed E-state index contributed by atoms with van der Waals surface area (Å²) < 4.78 is 6.24. The predicted molar refractivity (Wildman–Crippen MR) is 103 cm³/mol. The molecule has 0 N–H and O–H groups in total. The number of pyridine rings is 1. The summed E-state index contributed by atoms with van der Waals surface area (Å²) in [6.07, 6.45) is 0. The van der Waals surface area contributed by atoms with Crippen molar-refractivity contribution in [2.45, 2.75) is 6.92 Å². The first kappa shape index (κ1) is 15.7. The average molecular weight is 346 g/mol. The van der Waals surface area contributed by atoms with Crippen molar-refractivity contribution < 1.29 is 4.74 Å². The van der Waals surface area contributed by atoms with Gasteiger partial charge in [0.2, 0.25) is 0 Å². The topological polar surface area (TPSA) is 22.1 Å². The lowest BCUT2D eigenvalue weighted by Gasteiger charge is -2.16. The van der Waals surface area contributed by atoms with Gasteiger partial charge in [-0.05, 0) is 37.3 Å². The molecular formula is C22H16ClNO. The van der Waals surface area contributed by atoms with Crippen molar-refractivity contribution in [2.75, 3.05) is 0 Å². The van der Waals surface area contributed by atoms with Gasteiger partial charge in [0.15, 0.2) is 5.75 Å². The van der Waals surface area contributed by atoms with Crippen molar-refractivity contribution in [3.8, 4) is 22.8 Å². The van der Waals surface area contributed by atoms with Crippen LogP contribution in [0.2, 0.25) is 5.02 Å². The van der Waals surface area contributed by atoms with Gasteiger partial charge < -0.3 is 4.74 Å². The fourth-order valence-corrected chi connectivity index (χ4v) is 3.02. The summed E-state index contributed by atoms with van der Waals surface area (Å²) in [4.78, 5) is 4.87. The number of halogens is 1. The smallest absolute Gasteiger partial charge is 0.157 e. The molecule has 3 heteroatoms. The van der Waals surface area contributed by atoms with E-state index in [-0.39, 0.29) is 0 Å². The Morgan fingerprint density at radius 2 is 1.48 bits per heavy atom. The summed E-state index contributed by atoms with van der Waals surface area (Å²) in [6, 6.07) is 25.6. The van der Waals surface area contributed by atoms with E-state index in [1.54, 1.807) is 0 Å². The highest BCUT2D eigenvalue weighted by Crippen LogP contribution is 2.38. The summed E-state index contributed by atoms with van der Waals surface area (Å²) in [7, 11) is 0. The Morgan fingerprint density at radius 1 is 0.800 bits per heavy atom. The zero-order valence-corrected chi connectivity index (χ0v) is 14.5. The first-order chi connectivity index (χ1) is 12.2. The van der Waals surface area contributed by atoms with Crippen molar-refractivity contribution in [2.24, 2.45) is 0 Å². The Balaban J connectivity index is 1.93.